The van der Waals surface area contributed by atoms with Gasteiger partial charge in [-0.1, -0.05) is 41.7 Å². The van der Waals surface area contributed by atoms with Crippen LogP contribution in [0.15, 0.2) is 35.9 Å². The lowest BCUT2D eigenvalue weighted by Crippen LogP contribution is -2.48. The van der Waals surface area contributed by atoms with Gasteiger partial charge in [0.2, 0.25) is 0 Å². The molecule has 1 amide bonds. The predicted octanol–water partition coefficient (Wildman–Crippen LogP) is 7.30. The third kappa shape index (κ3) is 4.85. The highest BCUT2D eigenvalue weighted by atomic mass is 35.5. The standard InChI is InChI=1S/C24H24Cl3N3O/c1-5-30-22-11-20(26)15(9-18(22)14(2)12-24(30,3)4)8-16(13-28)23(31)29-17-6-7-19(25)21(27)10-17/h6-11,14H,5,12H2,1-4H3,(H,29,31)/b16-8+. The second-order valence-corrected chi connectivity index (χ2v) is 9.57. The number of amides is 1. The second kappa shape index (κ2) is 9.12. The first-order chi connectivity index (χ1) is 14.6. The molecule has 0 saturated carbocycles. The molecule has 0 fully saturated rings. The molecule has 3 rings (SSSR count). The maximum absolute atomic E-state index is 12.7. The molecule has 0 aliphatic carbocycles. The van der Waals surface area contributed by atoms with Gasteiger partial charge in [-0.3, -0.25) is 4.79 Å². The summed E-state index contributed by atoms with van der Waals surface area (Å²) >= 11 is 18.5. The van der Waals surface area contributed by atoms with E-state index in [0.29, 0.717) is 32.2 Å². The van der Waals surface area contributed by atoms with E-state index in [0.717, 1.165) is 18.7 Å². The average molecular weight is 477 g/mol. The summed E-state index contributed by atoms with van der Waals surface area (Å²) in [6.45, 7) is 9.66. The highest BCUT2D eigenvalue weighted by molar-refractivity contribution is 6.42. The predicted molar refractivity (Wildman–Crippen MR) is 130 cm³/mol. The molecule has 0 bridgehead atoms. The molecule has 162 valence electrons. The van der Waals surface area contributed by atoms with Gasteiger partial charge in [0.25, 0.3) is 5.91 Å². The summed E-state index contributed by atoms with van der Waals surface area (Å²) in [4.78, 5) is 15.0. The molecule has 1 N–H and O–H groups in total. The number of hydrogen-bond donors (Lipinski definition) is 1. The number of carbonyl (C=O) groups is 1. The number of carbonyl (C=O) groups excluding carboxylic acids is 1. The van der Waals surface area contributed by atoms with Gasteiger partial charge in [0.15, 0.2) is 0 Å². The molecule has 0 aromatic heterocycles. The van der Waals surface area contributed by atoms with E-state index in [4.69, 9.17) is 34.8 Å². The number of anilines is 2. The van der Waals surface area contributed by atoms with Crippen LogP contribution in [0.2, 0.25) is 15.1 Å². The van der Waals surface area contributed by atoms with E-state index in [1.165, 1.54) is 17.7 Å². The lowest BCUT2D eigenvalue weighted by Gasteiger charge is -2.47. The fourth-order valence-electron chi connectivity index (χ4n) is 4.31. The third-order valence-electron chi connectivity index (χ3n) is 5.66. The number of fused-ring (bicyclic) bond motifs is 1. The molecule has 0 radical (unpaired) electrons. The molecule has 0 spiro atoms. The number of rotatable bonds is 4. The number of nitrogens with zero attached hydrogens (tertiary/aromatic N) is 2. The highest BCUT2D eigenvalue weighted by Crippen LogP contribution is 2.45. The first-order valence-electron chi connectivity index (χ1n) is 10.1. The monoisotopic (exact) mass is 475 g/mol. The quantitative estimate of drug-likeness (QED) is 0.372. The average Bonchev–Trinajstić information content (AvgIpc) is 2.69. The van der Waals surface area contributed by atoms with Crippen LogP contribution < -0.4 is 10.2 Å². The maximum atomic E-state index is 12.7. The summed E-state index contributed by atoms with van der Waals surface area (Å²) in [5.74, 6) is -0.216. The number of nitriles is 1. The molecule has 1 heterocycles. The lowest BCUT2D eigenvalue weighted by molar-refractivity contribution is -0.112. The smallest absolute Gasteiger partial charge is 0.266 e. The molecular formula is C24H24Cl3N3O. The largest absolute Gasteiger partial charge is 0.366 e. The number of halogens is 3. The van der Waals surface area contributed by atoms with Crippen molar-refractivity contribution in [2.45, 2.75) is 45.6 Å². The molecule has 7 heteroatoms. The lowest BCUT2D eigenvalue weighted by atomic mass is 9.79. The first-order valence-corrected chi connectivity index (χ1v) is 11.2. The zero-order valence-electron chi connectivity index (χ0n) is 17.9. The fourth-order valence-corrected chi connectivity index (χ4v) is 4.82. The van der Waals surface area contributed by atoms with Crippen molar-refractivity contribution in [1.29, 1.82) is 5.26 Å². The van der Waals surface area contributed by atoms with Gasteiger partial charge in [0, 0.05) is 28.5 Å². The topological polar surface area (TPSA) is 56.1 Å². The molecule has 1 aliphatic rings. The molecule has 31 heavy (non-hydrogen) atoms. The summed E-state index contributed by atoms with van der Waals surface area (Å²) in [6, 6.07) is 10.6. The van der Waals surface area contributed by atoms with Crippen LogP contribution in [0.1, 0.15) is 51.2 Å². The van der Waals surface area contributed by atoms with Crippen molar-refractivity contribution in [3.63, 3.8) is 0 Å². The Morgan fingerprint density at radius 1 is 1.23 bits per heavy atom. The van der Waals surface area contributed by atoms with Gasteiger partial charge in [-0.05, 0) is 80.6 Å². The Labute approximate surface area is 198 Å². The van der Waals surface area contributed by atoms with Crippen molar-refractivity contribution >= 4 is 58.2 Å². The highest BCUT2D eigenvalue weighted by Gasteiger charge is 2.35. The van der Waals surface area contributed by atoms with Crippen molar-refractivity contribution < 1.29 is 4.79 Å². The van der Waals surface area contributed by atoms with E-state index < -0.39 is 5.91 Å². The Balaban J connectivity index is 1.96. The summed E-state index contributed by atoms with van der Waals surface area (Å²) in [7, 11) is 0. The number of benzene rings is 2. The minimum absolute atomic E-state index is 0.0272. The van der Waals surface area contributed by atoms with Crippen molar-refractivity contribution in [1.82, 2.24) is 0 Å². The van der Waals surface area contributed by atoms with Crippen LogP contribution in [0, 0.1) is 11.3 Å². The summed E-state index contributed by atoms with van der Waals surface area (Å²) in [5.41, 5.74) is 3.34. The van der Waals surface area contributed by atoms with Crippen LogP contribution in [0.4, 0.5) is 11.4 Å². The zero-order chi connectivity index (χ0) is 22.9. The Morgan fingerprint density at radius 2 is 1.94 bits per heavy atom. The first kappa shape index (κ1) is 23.5. The minimum atomic E-state index is -0.543. The van der Waals surface area contributed by atoms with E-state index in [9.17, 15) is 10.1 Å². The van der Waals surface area contributed by atoms with Crippen molar-refractivity contribution in [3.8, 4) is 6.07 Å². The van der Waals surface area contributed by atoms with Gasteiger partial charge >= 0.3 is 0 Å². The zero-order valence-corrected chi connectivity index (χ0v) is 20.2. The Bertz CT molecular complexity index is 1100. The van der Waals surface area contributed by atoms with Gasteiger partial charge in [-0.25, -0.2) is 0 Å². The Hall–Kier alpha value is -2.19. The van der Waals surface area contributed by atoms with Crippen LogP contribution in [0.3, 0.4) is 0 Å². The van der Waals surface area contributed by atoms with E-state index >= 15 is 0 Å². The van der Waals surface area contributed by atoms with Crippen molar-refractivity contribution in [2.75, 3.05) is 16.8 Å². The van der Waals surface area contributed by atoms with Crippen molar-refractivity contribution in [3.05, 3.63) is 62.1 Å². The molecule has 2 aromatic rings. The van der Waals surface area contributed by atoms with Gasteiger partial charge in [0.05, 0.1) is 10.0 Å². The molecule has 0 saturated heterocycles. The second-order valence-electron chi connectivity index (χ2n) is 8.35. The van der Waals surface area contributed by atoms with Gasteiger partial charge in [-0.2, -0.15) is 5.26 Å². The fraction of sp³-hybridized carbons (Fsp3) is 0.333. The van der Waals surface area contributed by atoms with Crippen molar-refractivity contribution in [2.24, 2.45) is 0 Å². The molecule has 1 atom stereocenters. The normalized spacial score (nSPS) is 17.7. The Morgan fingerprint density at radius 3 is 2.55 bits per heavy atom. The van der Waals surface area contributed by atoms with Gasteiger partial charge in [-0.15, -0.1) is 0 Å². The molecular weight excluding hydrogens is 453 g/mol. The van der Waals surface area contributed by atoms with Crippen LogP contribution >= 0.6 is 34.8 Å². The summed E-state index contributed by atoms with van der Waals surface area (Å²) in [5, 5.41) is 13.5. The molecule has 4 nitrogen and oxygen atoms in total. The maximum Gasteiger partial charge on any atom is 0.266 e. The van der Waals surface area contributed by atoms with Crippen LogP contribution in [0.5, 0.6) is 0 Å². The van der Waals surface area contributed by atoms with E-state index in [1.54, 1.807) is 12.1 Å². The third-order valence-corrected chi connectivity index (χ3v) is 6.73. The van der Waals surface area contributed by atoms with Gasteiger partial charge < -0.3 is 10.2 Å². The number of nitrogens with one attached hydrogen (secondary N) is 1. The summed E-state index contributed by atoms with van der Waals surface area (Å²) < 4.78 is 0. The van der Waals surface area contributed by atoms with E-state index in [1.807, 2.05) is 18.2 Å². The molecule has 1 unspecified atom stereocenters. The van der Waals surface area contributed by atoms with Gasteiger partial charge in [0.1, 0.15) is 11.6 Å². The Kier molecular flexibility index (Phi) is 6.91. The minimum Gasteiger partial charge on any atom is -0.366 e. The van der Waals surface area contributed by atoms with E-state index in [2.05, 4.69) is 37.9 Å². The van der Waals surface area contributed by atoms with Crippen LogP contribution in [0.25, 0.3) is 6.08 Å². The molecule has 2 aromatic carbocycles. The number of hydrogen-bond acceptors (Lipinski definition) is 3. The van der Waals surface area contributed by atoms with Crippen LogP contribution in [-0.2, 0) is 4.79 Å². The van der Waals surface area contributed by atoms with Crippen LogP contribution in [-0.4, -0.2) is 18.0 Å². The summed E-state index contributed by atoms with van der Waals surface area (Å²) in [6.07, 6.45) is 2.53. The molecule has 1 aliphatic heterocycles. The SMILES string of the molecule is CCN1c2cc(Cl)c(/C=C(\C#N)C(=O)Nc3ccc(Cl)c(Cl)c3)cc2C(C)CC1(C)C. The van der Waals surface area contributed by atoms with E-state index in [-0.39, 0.29) is 11.1 Å².